The standard InChI is InChI=1S/C38H42ClN3O6S/c1-27-13-20-33(21-14-27)49(45,46)42(34-24-32(47-2)19-22-36(34)48-3)26-37(43)41(25-29-15-17-30(39)18-16-29)35(23-28-9-5-4-6-10-28)38(44)40-31-11-7-8-12-31/h4-6,9-10,13-22,24,31,35H,7-8,11-12,23,25-26H2,1-3H3,(H,40,44). The lowest BCUT2D eigenvalue weighted by atomic mass is 10.0. The second kappa shape index (κ2) is 16.2. The molecule has 0 bridgehead atoms. The molecule has 5 rings (SSSR count). The molecule has 0 radical (unpaired) electrons. The lowest BCUT2D eigenvalue weighted by molar-refractivity contribution is -0.140. The highest BCUT2D eigenvalue weighted by molar-refractivity contribution is 7.92. The van der Waals surface area contributed by atoms with E-state index in [1.807, 2.05) is 37.3 Å². The number of hydrogen-bond acceptors (Lipinski definition) is 6. The summed E-state index contributed by atoms with van der Waals surface area (Å²) < 4.78 is 41.0. The van der Waals surface area contributed by atoms with Gasteiger partial charge in [-0.25, -0.2) is 8.42 Å². The van der Waals surface area contributed by atoms with E-state index in [4.69, 9.17) is 21.1 Å². The summed E-state index contributed by atoms with van der Waals surface area (Å²) >= 11 is 6.19. The number of carbonyl (C=O) groups is 2. The lowest BCUT2D eigenvalue weighted by Crippen LogP contribution is -2.54. The number of carbonyl (C=O) groups excluding carboxylic acids is 2. The minimum Gasteiger partial charge on any atom is -0.497 e. The van der Waals surface area contributed by atoms with Crippen molar-refractivity contribution in [2.45, 2.75) is 62.6 Å². The Labute approximate surface area is 293 Å². The molecular formula is C38H42ClN3O6S. The number of amides is 2. The number of rotatable bonds is 14. The highest BCUT2D eigenvalue weighted by Crippen LogP contribution is 2.36. The van der Waals surface area contributed by atoms with Crippen LogP contribution in [-0.2, 0) is 32.6 Å². The summed E-state index contributed by atoms with van der Waals surface area (Å²) in [4.78, 5) is 30.5. The topological polar surface area (TPSA) is 105 Å². The highest BCUT2D eigenvalue weighted by Gasteiger charge is 2.36. The quantitative estimate of drug-likeness (QED) is 0.160. The van der Waals surface area contributed by atoms with Crippen LogP contribution in [0.25, 0.3) is 0 Å². The van der Waals surface area contributed by atoms with Crippen molar-refractivity contribution >= 4 is 39.1 Å². The van der Waals surface area contributed by atoms with E-state index in [9.17, 15) is 18.0 Å². The van der Waals surface area contributed by atoms with Gasteiger partial charge in [-0.2, -0.15) is 0 Å². The van der Waals surface area contributed by atoms with Gasteiger partial charge in [-0.3, -0.25) is 13.9 Å². The maximum absolute atomic E-state index is 14.8. The monoisotopic (exact) mass is 703 g/mol. The molecule has 1 fully saturated rings. The molecule has 0 heterocycles. The van der Waals surface area contributed by atoms with E-state index in [1.165, 1.54) is 37.3 Å². The largest absolute Gasteiger partial charge is 0.497 e. The van der Waals surface area contributed by atoms with Crippen molar-refractivity contribution in [2.24, 2.45) is 0 Å². The van der Waals surface area contributed by atoms with Crippen LogP contribution in [0.15, 0.2) is 102 Å². The summed E-state index contributed by atoms with van der Waals surface area (Å²) in [5, 5.41) is 3.72. The number of ether oxygens (including phenoxy) is 2. The molecule has 1 aliphatic carbocycles. The van der Waals surface area contributed by atoms with Gasteiger partial charge >= 0.3 is 0 Å². The first-order valence-electron chi connectivity index (χ1n) is 16.3. The van der Waals surface area contributed by atoms with Crippen LogP contribution < -0.4 is 19.1 Å². The van der Waals surface area contributed by atoms with Gasteiger partial charge in [0.1, 0.15) is 24.1 Å². The summed E-state index contributed by atoms with van der Waals surface area (Å²) in [6.07, 6.45) is 4.01. The van der Waals surface area contributed by atoms with Gasteiger partial charge in [0.15, 0.2) is 0 Å². The van der Waals surface area contributed by atoms with E-state index >= 15 is 0 Å². The van der Waals surface area contributed by atoms with Crippen LogP contribution in [0.4, 0.5) is 5.69 Å². The number of aryl methyl sites for hydroxylation is 1. The fourth-order valence-corrected chi connectivity index (χ4v) is 7.59. The fraction of sp³-hybridized carbons (Fsp3) is 0.316. The molecule has 49 heavy (non-hydrogen) atoms. The molecule has 1 saturated carbocycles. The molecule has 4 aromatic rings. The van der Waals surface area contributed by atoms with E-state index in [0.717, 1.165) is 46.7 Å². The number of halogens is 1. The summed E-state index contributed by atoms with van der Waals surface area (Å²) in [7, 11) is -1.42. The van der Waals surface area contributed by atoms with Gasteiger partial charge < -0.3 is 19.7 Å². The van der Waals surface area contributed by atoms with E-state index in [0.29, 0.717) is 10.8 Å². The Morgan fingerprint density at radius 1 is 0.878 bits per heavy atom. The van der Waals surface area contributed by atoms with Crippen molar-refractivity contribution in [2.75, 3.05) is 25.1 Å². The molecule has 1 N–H and O–H groups in total. The van der Waals surface area contributed by atoms with Crippen LogP contribution in [0.5, 0.6) is 11.5 Å². The van der Waals surface area contributed by atoms with E-state index in [1.54, 1.807) is 48.5 Å². The second-order valence-corrected chi connectivity index (χ2v) is 14.5. The first-order valence-corrected chi connectivity index (χ1v) is 18.1. The van der Waals surface area contributed by atoms with Crippen molar-refractivity contribution < 1.29 is 27.5 Å². The minimum absolute atomic E-state index is 0.000152. The Kier molecular flexibility index (Phi) is 11.9. The average Bonchev–Trinajstić information content (AvgIpc) is 3.62. The highest BCUT2D eigenvalue weighted by atomic mass is 35.5. The maximum Gasteiger partial charge on any atom is 0.264 e. The Morgan fingerprint density at radius 3 is 2.18 bits per heavy atom. The van der Waals surface area contributed by atoms with Crippen molar-refractivity contribution in [1.29, 1.82) is 0 Å². The molecule has 1 atom stereocenters. The lowest BCUT2D eigenvalue weighted by Gasteiger charge is -2.34. The summed E-state index contributed by atoms with van der Waals surface area (Å²) in [6.45, 7) is 1.29. The maximum atomic E-state index is 14.8. The molecule has 258 valence electrons. The summed E-state index contributed by atoms with van der Waals surface area (Å²) in [5.41, 5.74) is 2.60. The average molecular weight is 704 g/mol. The van der Waals surface area contributed by atoms with Gasteiger partial charge in [0.25, 0.3) is 10.0 Å². The van der Waals surface area contributed by atoms with Crippen molar-refractivity contribution in [3.05, 3.63) is 119 Å². The number of anilines is 1. The molecule has 11 heteroatoms. The molecular weight excluding hydrogens is 662 g/mol. The molecule has 2 amide bonds. The normalized spacial score (nSPS) is 13.8. The summed E-state index contributed by atoms with van der Waals surface area (Å²) in [6, 6.07) is 26.8. The number of sulfonamides is 1. The minimum atomic E-state index is -4.33. The summed E-state index contributed by atoms with van der Waals surface area (Å²) in [5.74, 6) is -0.250. The molecule has 1 unspecified atom stereocenters. The van der Waals surface area contributed by atoms with Crippen LogP contribution in [-0.4, -0.2) is 58.0 Å². The van der Waals surface area contributed by atoms with E-state index in [2.05, 4.69) is 5.32 Å². The molecule has 0 aliphatic heterocycles. The van der Waals surface area contributed by atoms with Gasteiger partial charge in [-0.1, -0.05) is 84.6 Å². The van der Waals surface area contributed by atoms with Crippen LogP contribution >= 0.6 is 11.6 Å². The Hall–Kier alpha value is -4.54. The van der Waals surface area contributed by atoms with E-state index in [-0.39, 0.29) is 41.2 Å². The number of methoxy groups -OCH3 is 2. The van der Waals surface area contributed by atoms with Crippen molar-refractivity contribution in [3.63, 3.8) is 0 Å². The third-order valence-electron chi connectivity index (χ3n) is 8.78. The van der Waals surface area contributed by atoms with Crippen molar-refractivity contribution in [1.82, 2.24) is 10.2 Å². The number of hydrogen-bond donors (Lipinski definition) is 1. The third-order valence-corrected chi connectivity index (χ3v) is 10.8. The van der Waals surface area contributed by atoms with Crippen LogP contribution in [0, 0.1) is 6.92 Å². The Bertz CT molecular complexity index is 1830. The van der Waals surface area contributed by atoms with Crippen LogP contribution in [0.1, 0.15) is 42.4 Å². The SMILES string of the molecule is COc1ccc(OC)c(N(CC(=O)N(Cc2ccc(Cl)cc2)C(Cc2ccccc2)C(=O)NC2CCCC2)S(=O)(=O)c2ccc(C)cc2)c1. The first-order chi connectivity index (χ1) is 23.6. The predicted octanol–water partition coefficient (Wildman–Crippen LogP) is 6.56. The smallest absolute Gasteiger partial charge is 0.264 e. The number of nitrogens with one attached hydrogen (secondary N) is 1. The zero-order valence-electron chi connectivity index (χ0n) is 28.0. The van der Waals surface area contributed by atoms with Crippen LogP contribution in [0.3, 0.4) is 0 Å². The fourth-order valence-electron chi connectivity index (χ4n) is 6.05. The van der Waals surface area contributed by atoms with E-state index < -0.39 is 28.5 Å². The Balaban J connectivity index is 1.61. The van der Waals surface area contributed by atoms with Gasteiger partial charge in [0.2, 0.25) is 11.8 Å². The van der Waals surface area contributed by atoms with Gasteiger partial charge in [-0.15, -0.1) is 0 Å². The van der Waals surface area contributed by atoms with Gasteiger partial charge in [-0.05, 0) is 67.3 Å². The number of nitrogens with zero attached hydrogens (tertiary/aromatic N) is 2. The van der Waals surface area contributed by atoms with Gasteiger partial charge in [0, 0.05) is 30.1 Å². The Morgan fingerprint density at radius 2 is 1.55 bits per heavy atom. The molecule has 4 aromatic carbocycles. The first kappa shape index (κ1) is 35.8. The second-order valence-electron chi connectivity index (χ2n) is 12.2. The molecule has 0 spiro atoms. The molecule has 0 saturated heterocycles. The molecule has 9 nitrogen and oxygen atoms in total. The third kappa shape index (κ3) is 8.93. The zero-order chi connectivity index (χ0) is 35.0. The van der Waals surface area contributed by atoms with Gasteiger partial charge in [0.05, 0.1) is 24.8 Å². The van der Waals surface area contributed by atoms with Crippen molar-refractivity contribution in [3.8, 4) is 11.5 Å². The zero-order valence-corrected chi connectivity index (χ0v) is 29.5. The molecule has 1 aliphatic rings. The predicted molar refractivity (Wildman–Crippen MR) is 192 cm³/mol. The van der Waals surface area contributed by atoms with Crippen LogP contribution in [0.2, 0.25) is 5.02 Å². The molecule has 0 aromatic heterocycles. The number of benzene rings is 4.